The second kappa shape index (κ2) is 36.4. The minimum atomic E-state index is -1.03. The zero-order valence-corrected chi connectivity index (χ0v) is 32.8. The fourth-order valence-corrected chi connectivity index (χ4v) is 4.53. The summed E-state index contributed by atoms with van der Waals surface area (Å²) in [7, 11) is 0. The molecule has 18 nitrogen and oxygen atoms in total. The second-order valence-electron chi connectivity index (χ2n) is 11.8. The topological polar surface area (TPSA) is 197 Å². The lowest BCUT2D eigenvalue weighted by atomic mass is 10.0. The summed E-state index contributed by atoms with van der Waals surface area (Å²) >= 11 is 0. The summed E-state index contributed by atoms with van der Waals surface area (Å²) in [5.74, 6) is 5.77. The highest BCUT2D eigenvalue weighted by atomic mass is 16.6. The number of ether oxygens (including phenoxy) is 11. The number of carbonyl (C=O) groups excluding carboxylic acids is 4. The summed E-state index contributed by atoms with van der Waals surface area (Å²) in [6, 6.07) is 0. The minimum Gasteiger partial charge on any atom is -0.379 e. The van der Waals surface area contributed by atoms with Crippen LogP contribution in [0.5, 0.6) is 0 Å². The van der Waals surface area contributed by atoms with Crippen LogP contribution in [0.15, 0.2) is 12.2 Å². The molecule has 2 N–H and O–H groups in total. The minimum absolute atomic E-state index is 0.0393. The van der Waals surface area contributed by atoms with Crippen molar-refractivity contribution in [2.75, 3.05) is 158 Å². The Morgan fingerprint density at radius 3 is 1.23 bits per heavy atom. The molecular weight excluding hydrogens is 750 g/mol. The molecular formula is C39H59N3O15. The van der Waals surface area contributed by atoms with Crippen LogP contribution < -0.4 is 10.6 Å². The van der Waals surface area contributed by atoms with Crippen LogP contribution >= 0.6 is 0 Å². The molecule has 1 aliphatic heterocycles. The van der Waals surface area contributed by atoms with Crippen molar-refractivity contribution in [3.8, 4) is 37.0 Å². The van der Waals surface area contributed by atoms with Crippen molar-refractivity contribution < 1.29 is 71.3 Å². The summed E-state index contributed by atoms with van der Waals surface area (Å²) in [6.07, 6.45) is 18.3. The zero-order valence-electron chi connectivity index (χ0n) is 32.8. The molecule has 57 heavy (non-hydrogen) atoms. The van der Waals surface area contributed by atoms with Gasteiger partial charge in [0.05, 0.1) is 126 Å². The van der Waals surface area contributed by atoms with Crippen LogP contribution in [0.2, 0.25) is 0 Å². The highest BCUT2D eigenvalue weighted by molar-refractivity contribution is 6.13. The highest BCUT2D eigenvalue weighted by Gasteiger charge is 2.33. The summed E-state index contributed by atoms with van der Waals surface area (Å²) in [4.78, 5) is 48.4. The zero-order chi connectivity index (χ0) is 41.5. The third-order valence-corrected chi connectivity index (χ3v) is 7.20. The molecule has 0 spiro atoms. The molecule has 0 atom stereocenters. The number of hydrogen-bond acceptors (Lipinski definition) is 15. The van der Waals surface area contributed by atoms with Gasteiger partial charge in [-0.05, 0) is 0 Å². The maximum atomic E-state index is 12.7. The van der Waals surface area contributed by atoms with Crippen molar-refractivity contribution in [2.24, 2.45) is 0 Å². The summed E-state index contributed by atoms with van der Waals surface area (Å²) in [6.45, 7) is 6.71. The maximum absolute atomic E-state index is 12.7. The van der Waals surface area contributed by atoms with Gasteiger partial charge in [-0.15, -0.1) is 19.3 Å². The van der Waals surface area contributed by atoms with Crippen molar-refractivity contribution in [1.82, 2.24) is 15.5 Å². The number of carbonyl (C=O) groups is 4. The van der Waals surface area contributed by atoms with E-state index >= 15 is 0 Å². The van der Waals surface area contributed by atoms with E-state index in [1.807, 2.05) is 0 Å². The third kappa shape index (κ3) is 29.0. The lowest BCUT2D eigenvalue weighted by Gasteiger charge is -2.33. The Kier molecular flexibility index (Phi) is 32.6. The Labute approximate surface area is 336 Å². The number of terminal acetylenes is 3. The number of amides is 4. The molecule has 1 aliphatic rings. The molecule has 0 aromatic heterocycles. The molecule has 0 aromatic carbocycles. The van der Waals surface area contributed by atoms with Gasteiger partial charge in [0.15, 0.2) is 0 Å². The van der Waals surface area contributed by atoms with E-state index in [0.717, 1.165) is 4.90 Å². The van der Waals surface area contributed by atoms with Crippen molar-refractivity contribution in [1.29, 1.82) is 0 Å². The Balaban J connectivity index is 1.86. The van der Waals surface area contributed by atoms with Gasteiger partial charge in [0.2, 0.25) is 11.8 Å². The average molecular weight is 810 g/mol. The second-order valence-corrected chi connectivity index (χ2v) is 11.8. The molecule has 0 radical (unpaired) electrons. The predicted molar refractivity (Wildman–Crippen MR) is 204 cm³/mol. The van der Waals surface area contributed by atoms with Crippen LogP contribution in [-0.2, 0) is 71.3 Å². The largest absolute Gasteiger partial charge is 0.379 e. The molecule has 18 heteroatoms. The standard InChI is InChI=1S/C39H59N3O15/c1-4-13-55-32-39(33-56-14-5-2,34-57-15-6-3)41-36(44)10-16-47-18-20-49-22-24-51-26-28-53-30-31-54-29-27-52-25-23-50-21-19-48-17-11-40-35(43)9-12-42-37(45)7-8-38(42)46/h1-3,7-8H,9-34H2,(H,40,43)(H,41,44). The van der Waals surface area contributed by atoms with Gasteiger partial charge in [-0.2, -0.15) is 0 Å². The van der Waals surface area contributed by atoms with Crippen LogP contribution in [0.1, 0.15) is 12.8 Å². The molecule has 0 aromatic rings. The molecule has 4 amide bonds. The fourth-order valence-electron chi connectivity index (χ4n) is 4.53. The molecule has 0 bridgehead atoms. The van der Waals surface area contributed by atoms with E-state index in [4.69, 9.17) is 71.4 Å². The first kappa shape index (κ1) is 51.1. The van der Waals surface area contributed by atoms with Gasteiger partial charge in [0.25, 0.3) is 11.8 Å². The lowest BCUT2D eigenvalue weighted by Crippen LogP contribution is -2.58. The molecule has 0 fully saturated rings. The molecule has 320 valence electrons. The molecule has 0 saturated heterocycles. The normalized spacial score (nSPS) is 12.4. The number of nitrogens with one attached hydrogen (secondary N) is 2. The predicted octanol–water partition coefficient (Wildman–Crippen LogP) is -1.25. The number of imide groups is 1. The van der Waals surface area contributed by atoms with Gasteiger partial charge >= 0.3 is 0 Å². The maximum Gasteiger partial charge on any atom is 0.253 e. The first-order valence-corrected chi connectivity index (χ1v) is 18.6. The van der Waals surface area contributed by atoms with E-state index in [1.165, 1.54) is 12.2 Å². The number of rotatable bonds is 40. The molecule has 1 rings (SSSR count). The van der Waals surface area contributed by atoms with Crippen LogP contribution in [0.3, 0.4) is 0 Å². The Bertz CT molecular complexity index is 1190. The van der Waals surface area contributed by atoms with E-state index in [9.17, 15) is 19.2 Å². The Hall–Kier alpha value is -3.94. The van der Waals surface area contributed by atoms with E-state index in [-0.39, 0.29) is 77.4 Å². The SMILES string of the molecule is C#CCOCC(COCC#C)(COCC#C)NC(=O)CCOCCOCCOCCOCCOCCOCCOCCOCCNC(=O)CCN1C(=O)C=CC1=O. The van der Waals surface area contributed by atoms with Gasteiger partial charge in [-0.25, -0.2) is 0 Å². The fraction of sp³-hybridized carbons (Fsp3) is 0.692. The number of nitrogens with zero attached hydrogens (tertiary/aromatic N) is 1. The quantitative estimate of drug-likeness (QED) is 0.0423. The van der Waals surface area contributed by atoms with E-state index in [2.05, 4.69) is 28.4 Å². The van der Waals surface area contributed by atoms with Crippen molar-refractivity contribution in [3.05, 3.63) is 12.2 Å². The monoisotopic (exact) mass is 809 g/mol. The average Bonchev–Trinajstić information content (AvgIpc) is 3.52. The number of hydrogen-bond donors (Lipinski definition) is 2. The van der Waals surface area contributed by atoms with Crippen molar-refractivity contribution in [3.63, 3.8) is 0 Å². The van der Waals surface area contributed by atoms with E-state index < -0.39 is 17.4 Å². The summed E-state index contributed by atoms with van der Waals surface area (Å²) < 4.78 is 60.2. The van der Waals surface area contributed by atoms with E-state index in [1.54, 1.807) is 0 Å². The third-order valence-electron chi connectivity index (χ3n) is 7.20. The van der Waals surface area contributed by atoms with Gasteiger partial charge in [-0.3, -0.25) is 24.1 Å². The van der Waals surface area contributed by atoms with Gasteiger partial charge in [-0.1, -0.05) is 17.8 Å². The van der Waals surface area contributed by atoms with Gasteiger partial charge < -0.3 is 62.7 Å². The molecule has 0 saturated carbocycles. The van der Waals surface area contributed by atoms with Crippen molar-refractivity contribution in [2.45, 2.75) is 18.4 Å². The molecule has 0 unspecified atom stereocenters. The van der Waals surface area contributed by atoms with Gasteiger partial charge in [0.1, 0.15) is 25.4 Å². The molecule has 0 aliphatic carbocycles. The summed E-state index contributed by atoms with van der Waals surface area (Å²) in [5.41, 5.74) is -1.03. The first-order valence-electron chi connectivity index (χ1n) is 18.6. The Morgan fingerprint density at radius 1 is 0.509 bits per heavy atom. The van der Waals surface area contributed by atoms with Gasteiger partial charge in [0, 0.05) is 38.1 Å². The van der Waals surface area contributed by atoms with Crippen molar-refractivity contribution >= 4 is 23.6 Å². The summed E-state index contributed by atoms with van der Waals surface area (Å²) in [5, 5.41) is 5.56. The van der Waals surface area contributed by atoms with Crippen LogP contribution in [0, 0.1) is 37.0 Å². The van der Waals surface area contributed by atoms with E-state index in [0.29, 0.717) is 106 Å². The van der Waals surface area contributed by atoms with Crippen LogP contribution in [-0.4, -0.2) is 193 Å². The smallest absolute Gasteiger partial charge is 0.253 e. The first-order chi connectivity index (χ1) is 27.9. The lowest BCUT2D eigenvalue weighted by molar-refractivity contribution is -0.137. The van der Waals surface area contributed by atoms with Crippen LogP contribution in [0.4, 0.5) is 0 Å². The Morgan fingerprint density at radius 2 is 0.860 bits per heavy atom. The van der Waals surface area contributed by atoms with Crippen LogP contribution in [0.25, 0.3) is 0 Å². The highest BCUT2D eigenvalue weighted by Crippen LogP contribution is 2.10. The molecule has 1 heterocycles.